The molecule has 4 aromatic rings. The van der Waals surface area contributed by atoms with Crippen LogP contribution in [0.3, 0.4) is 0 Å². The van der Waals surface area contributed by atoms with Crippen LogP contribution in [0, 0.1) is 13.8 Å². The van der Waals surface area contributed by atoms with E-state index in [0.717, 1.165) is 22.2 Å². The van der Waals surface area contributed by atoms with Crippen LogP contribution in [0.4, 0.5) is 0 Å². The molecule has 2 aromatic heterocycles. The number of nitrogens with one attached hydrogen (secondary N) is 2. The fraction of sp³-hybridized carbons (Fsp3) is 0.261. The largest absolute Gasteiger partial charge is 0.358 e. The summed E-state index contributed by atoms with van der Waals surface area (Å²) in [5.74, 6) is 0.390. The molecule has 1 amide bonds. The van der Waals surface area contributed by atoms with E-state index in [0.29, 0.717) is 22.3 Å². The molecule has 6 nitrogen and oxygen atoms in total. The van der Waals surface area contributed by atoms with Gasteiger partial charge in [0.05, 0.1) is 17.4 Å². The lowest BCUT2D eigenvalue weighted by Crippen LogP contribution is -2.37. The summed E-state index contributed by atoms with van der Waals surface area (Å²) in [6, 6.07) is 12.9. The molecule has 0 aliphatic carbocycles. The monoisotopic (exact) mass is 388 g/mol. The van der Waals surface area contributed by atoms with Gasteiger partial charge in [0.2, 0.25) is 0 Å². The minimum atomic E-state index is -0.193. The van der Waals surface area contributed by atoms with Gasteiger partial charge in [-0.3, -0.25) is 9.59 Å². The molecule has 0 saturated carbocycles. The number of aryl methyl sites for hydroxylation is 2. The van der Waals surface area contributed by atoms with Gasteiger partial charge < -0.3 is 14.9 Å². The first-order valence-corrected chi connectivity index (χ1v) is 9.73. The van der Waals surface area contributed by atoms with E-state index in [2.05, 4.69) is 15.0 Å². The van der Waals surface area contributed by atoms with E-state index in [1.54, 1.807) is 17.0 Å². The van der Waals surface area contributed by atoms with Crippen molar-refractivity contribution in [1.82, 2.24) is 19.9 Å². The number of para-hydroxylation sites is 1. The highest BCUT2D eigenvalue weighted by Crippen LogP contribution is 2.23. The van der Waals surface area contributed by atoms with Crippen LogP contribution >= 0.6 is 0 Å². The number of hydrogen-bond acceptors (Lipinski definition) is 3. The Morgan fingerprint density at radius 1 is 1.07 bits per heavy atom. The van der Waals surface area contributed by atoms with E-state index in [9.17, 15) is 9.59 Å². The minimum absolute atomic E-state index is 0.0518. The molecule has 0 spiro atoms. The second kappa shape index (κ2) is 7.20. The standard InChI is InChI=1S/C23H24N4O2/c1-13(2)27(12-21-25-19-8-6-5-7-17(19)22(28)26-21)23(29)16-9-10-20-18(11-16)14(3)15(4)24-20/h5-11,13,24H,12H2,1-4H3,(H,25,26,28). The third-order valence-corrected chi connectivity index (χ3v) is 5.42. The zero-order chi connectivity index (χ0) is 20.7. The molecule has 0 aliphatic rings. The summed E-state index contributed by atoms with van der Waals surface area (Å²) >= 11 is 0. The van der Waals surface area contributed by atoms with Crippen LogP contribution in [0.15, 0.2) is 47.3 Å². The van der Waals surface area contributed by atoms with E-state index < -0.39 is 0 Å². The van der Waals surface area contributed by atoms with Crippen LogP contribution in [0.25, 0.3) is 21.8 Å². The molecular weight excluding hydrogens is 364 g/mol. The van der Waals surface area contributed by atoms with Crippen molar-refractivity contribution in [3.05, 3.63) is 75.5 Å². The summed E-state index contributed by atoms with van der Waals surface area (Å²) in [7, 11) is 0. The lowest BCUT2D eigenvalue weighted by atomic mass is 10.1. The molecule has 0 fully saturated rings. The number of aromatic amines is 2. The third-order valence-electron chi connectivity index (χ3n) is 5.42. The Bertz CT molecular complexity index is 1280. The number of hydrogen-bond donors (Lipinski definition) is 2. The van der Waals surface area contributed by atoms with Crippen LogP contribution in [-0.4, -0.2) is 31.8 Å². The number of carbonyl (C=O) groups is 1. The van der Waals surface area contributed by atoms with Crippen molar-refractivity contribution in [1.29, 1.82) is 0 Å². The molecule has 4 rings (SSSR count). The molecule has 6 heteroatoms. The van der Waals surface area contributed by atoms with Gasteiger partial charge in [0.1, 0.15) is 5.82 Å². The van der Waals surface area contributed by atoms with Gasteiger partial charge in [0.15, 0.2) is 0 Å². The summed E-state index contributed by atoms with van der Waals surface area (Å²) in [5.41, 5.74) is 4.32. The molecular formula is C23H24N4O2. The van der Waals surface area contributed by atoms with Gasteiger partial charge in [-0.15, -0.1) is 0 Å². The Morgan fingerprint density at radius 2 is 1.83 bits per heavy atom. The average molecular weight is 388 g/mol. The normalized spacial score (nSPS) is 11.5. The molecule has 0 unspecified atom stereocenters. The first kappa shape index (κ1) is 18.9. The lowest BCUT2D eigenvalue weighted by molar-refractivity contribution is 0.0685. The minimum Gasteiger partial charge on any atom is -0.358 e. The molecule has 2 heterocycles. The second-order valence-electron chi connectivity index (χ2n) is 7.69. The predicted molar refractivity (Wildman–Crippen MR) is 115 cm³/mol. The summed E-state index contributed by atoms with van der Waals surface area (Å²) in [6.45, 7) is 8.23. The molecule has 29 heavy (non-hydrogen) atoms. The van der Waals surface area contributed by atoms with E-state index in [1.165, 1.54) is 0 Å². The maximum Gasteiger partial charge on any atom is 0.258 e. The SMILES string of the molecule is Cc1[nH]c2ccc(C(=O)N(Cc3nc4ccccc4c(=O)[nH]3)C(C)C)cc2c1C. The number of H-pyrrole nitrogens is 2. The molecule has 148 valence electrons. The number of benzene rings is 2. The van der Waals surface area contributed by atoms with E-state index in [4.69, 9.17) is 0 Å². The van der Waals surface area contributed by atoms with Gasteiger partial charge >= 0.3 is 0 Å². The van der Waals surface area contributed by atoms with Gasteiger partial charge in [0.25, 0.3) is 11.5 Å². The van der Waals surface area contributed by atoms with Crippen molar-refractivity contribution in [3.63, 3.8) is 0 Å². The van der Waals surface area contributed by atoms with E-state index >= 15 is 0 Å². The molecule has 0 bridgehead atoms. The highest BCUT2D eigenvalue weighted by molar-refractivity contribution is 5.99. The van der Waals surface area contributed by atoms with Crippen molar-refractivity contribution in [2.45, 2.75) is 40.3 Å². The smallest absolute Gasteiger partial charge is 0.258 e. The number of rotatable bonds is 4. The number of nitrogens with zero attached hydrogens (tertiary/aromatic N) is 2. The first-order chi connectivity index (χ1) is 13.8. The Kier molecular flexibility index (Phi) is 4.70. The van der Waals surface area contributed by atoms with Gasteiger partial charge in [0, 0.05) is 28.2 Å². The van der Waals surface area contributed by atoms with Crippen LogP contribution < -0.4 is 5.56 Å². The third kappa shape index (κ3) is 3.42. The average Bonchev–Trinajstić information content (AvgIpc) is 2.99. The molecule has 0 aliphatic heterocycles. The fourth-order valence-electron chi connectivity index (χ4n) is 3.62. The highest BCUT2D eigenvalue weighted by Gasteiger charge is 2.21. The van der Waals surface area contributed by atoms with Gasteiger partial charge in [-0.2, -0.15) is 0 Å². The van der Waals surface area contributed by atoms with Crippen LogP contribution in [-0.2, 0) is 6.54 Å². The lowest BCUT2D eigenvalue weighted by Gasteiger charge is -2.26. The van der Waals surface area contributed by atoms with Crippen LogP contribution in [0.5, 0.6) is 0 Å². The topological polar surface area (TPSA) is 81.8 Å². The van der Waals surface area contributed by atoms with Crippen molar-refractivity contribution in [2.75, 3.05) is 0 Å². The van der Waals surface area contributed by atoms with Crippen molar-refractivity contribution >= 4 is 27.7 Å². The number of amides is 1. The highest BCUT2D eigenvalue weighted by atomic mass is 16.2. The van der Waals surface area contributed by atoms with Crippen molar-refractivity contribution < 1.29 is 4.79 Å². The second-order valence-corrected chi connectivity index (χ2v) is 7.69. The summed E-state index contributed by atoms with van der Waals surface area (Å²) in [5, 5.41) is 1.59. The maximum absolute atomic E-state index is 13.3. The number of carbonyl (C=O) groups excluding carboxylic acids is 1. The molecule has 2 aromatic carbocycles. The summed E-state index contributed by atoms with van der Waals surface area (Å²) in [4.78, 5) is 38.1. The first-order valence-electron chi connectivity index (χ1n) is 9.73. The molecule has 0 radical (unpaired) electrons. The maximum atomic E-state index is 13.3. The summed E-state index contributed by atoms with van der Waals surface area (Å²) in [6.07, 6.45) is 0. The van der Waals surface area contributed by atoms with Crippen LogP contribution in [0.1, 0.15) is 41.3 Å². The van der Waals surface area contributed by atoms with Gasteiger partial charge in [-0.1, -0.05) is 12.1 Å². The number of fused-ring (bicyclic) bond motifs is 2. The predicted octanol–water partition coefficient (Wildman–Crippen LogP) is 4.07. The Labute approximate surface area is 168 Å². The van der Waals surface area contributed by atoms with Crippen molar-refractivity contribution in [3.8, 4) is 0 Å². The zero-order valence-corrected chi connectivity index (χ0v) is 17.0. The summed E-state index contributed by atoms with van der Waals surface area (Å²) < 4.78 is 0. The Morgan fingerprint density at radius 3 is 2.59 bits per heavy atom. The van der Waals surface area contributed by atoms with Crippen molar-refractivity contribution in [2.24, 2.45) is 0 Å². The van der Waals surface area contributed by atoms with Gasteiger partial charge in [-0.05, 0) is 63.6 Å². The zero-order valence-electron chi connectivity index (χ0n) is 17.0. The molecule has 2 N–H and O–H groups in total. The Balaban J connectivity index is 1.70. The fourth-order valence-corrected chi connectivity index (χ4v) is 3.62. The van der Waals surface area contributed by atoms with Crippen LogP contribution in [0.2, 0.25) is 0 Å². The van der Waals surface area contributed by atoms with E-state index in [1.807, 2.05) is 58.0 Å². The number of aromatic nitrogens is 3. The molecule has 0 saturated heterocycles. The van der Waals surface area contributed by atoms with E-state index in [-0.39, 0.29) is 24.1 Å². The van der Waals surface area contributed by atoms with Gasteiger partial charge in [-0.25, -0.2) is 4.98 Å². The molecule has 0 atom stereocenters. The quantitative estimate of drug-likeness (QED) is 0.553. The Hall–Kier alpha value is -3.41.